The largest absolute Gasteiger partial charge is 0.337 e. The Labute approximate surface area is 139 Å². The molecule has 3 rings (SSSR count). The topological polar surface area (TPSA) is 110 Å². The monoisotopic (exact) mass is 329 g/mol. The van der Waals surface area contributed by atoms with Crippen LogP contribution < -0.4 is 10.6 Å². The Morgan fingerprint density at radius 3 is 2.79 bits per heavy atom. The molecule has 0 unspecified atom stereocenters. The molecule has 2 N–H and O–H groups in total. The van der Waals surface area contributed by atoms with E-state index in [0.29, 0.717) is 23.3 Å². The van der Waals surface area contributed by atoms with Crippen LogP contribution in [0.15, 0.2) is 29.0 Å². The van der Waals surface area contributed by atoms with Gasteiger partial charge in [0.1, 0.15) is 6.04 Å². The standard InChI is InChI=1S/C16H19N5O3/c1-10(16-20-13(21-24-16)11-5-2-3-6-11)18-14(22)15(23)19-12-7-4-8-17-9-12/h4,7-11H,2-3,5-6H2,1H3,(H,18,22)(H,19,23)/t10-/m0/s1. The van der Waals surface area contributed by atoms with Crippen molar-refractivity contribution in [1.29, 1.82) is 0 Å². The average Bonchev–Trinajstić information content (AvgIpc) is 3.27. The highest BCUT2D eigenvalue weighted by Crippen LogP contribution is 2.32. The van der Waals surface area contributed by atoms with Crippen LogP contribution in [0.1, 0.15) is 56.3 Å². The van der Waals surface area contributed by atoms with E-state index < -0.39 is 17.9 Å². The normalized spacial score (nSPS) is 15.9. The zero-order chi connectivity index (χ0) is 16.9. The van der Waals surface area contributed by atoms with E-state index in [1.165, 1.54) is 19.0 Å². The van der Waals surface area contributed by atoms with E-state index >= 15 is 0 Å². The highest BCUT2D eigenvalue weighted by Gasteiger charge is 2.25. The Kier molecular flexibility index (Phi) is 4.83. The van der Waals surface area contributed by atoms with E-state index in [4.69, 9.17) is 4.52 Å². The van der Waals surface area contributed by atoms with Crippen molar-refractivity contribution in [2.45, 2.75) is 44.6 Å². The summed E-state index contributed by atoms with van der Waals surface area (Å²) < 4.78 is 5.22. The average molecular weight is 329 g/mol. The number of aromatic nitrogens is 3. The van der Waals surface area contributed by atoms with Gasteiger partial charge in [0.25, 0.3) is 0 Å². The van der Waals surface area contributed by atoms with Crippen molar-refractivity contribution in [3.05, 3.63) is 36.2 Å². The minimum Gasteiger partial charge on any atom is -0.337 e. The van der Waals surface area contributed by atoms with Crippen molar-refractivity contribution in [1.82, 2.24) is 20.4 Å². The van der Waals surface area contributed by atoms with Crippen LogP contribution in [0.25, 0.3) is 0 Å². The first-order chi connectivity index (χ1) is 11.6. The van der Waals surface area contributed by atoms with Gasteiger partial charge in [-0.1, -0.05) is 18.0 Å². The number of rotatable bonds is 4. The third-order valence-electron chi connectivity index (χ3n) is 4.02. The summed E-state index contributed by atoms with van der Waals surface area (Å²) in [5.74, 6) is -0.223. The molecule has 1 atom stereocenters. The molecule has 24 heavy (non-hydrogen) atoms. The van der Waals surface area contributed by atoms with Crippen molar-refractivity contribution in [3.8, 4) is 0 Å². The van der Waals surface area contributed by atoms with Gasteiger partial charge in [0, 0.05) is 12.1 Å². The molecule has 2 aromatic rings. The smallest absolute Gasteiger partial charge is 0.313 e. The van der Waals surface area contributed by atoms with Gasteiger partial charge in [0.2, 0.25) is 5.89 Å². The lowest BCUT2D eigenvalue weighted by Crippen LogP contribution is -2.37. The minimum atomic E-state index is -0.773. The number of nitrogens with zero attached hydrogens (tertiary/aromatic N) is 3. The number of hydrogen-bond acceptors (Lipinski definition) is 6. The van der Waals surface area contributed by atoms with Crippen LogP contribution in [0.3, 0.4) is 0 Å². The first-order valence-corrected chi connectivity index (χ1v) is 7.99. The summed E-state index contributed by atoms with van der Waals surface area (Å²) >= 11 is 0. The molecular weight excluding hydrogens is 310 g/mol. The number of anilines is 1. The molecule has 2 aromatic heterocycles. The fourth-order valence-electron chi connectivity index (χ4n) is 2.72. The van der Waals surface area contributed by atoms with E-state index in [1.54, 1.807) is 25.3 Å². The third-order valence-corrected chi connectivity index (χ3v) is 4.02. The van der Waals surface area contributed by atoms with Crippen LogP contribution in [0, 0.1) is 0 Å². The predicted molar refractivity (Wildman–Crippen MR) is 84.9 cm³/mol. The van der Waals surface area contributed by atoms with Crippen LogP contribution in [-0.4, -0.2) is 26.9 Å². The number of hydrogen-bond donors (Lipinski definition) is 2. The van der Waals surface area contributed by atoms with Crippen molar-refractivity contribution in [2.24, 2.45) is 0 Å². The molecule has 0 spiro atoms. The molecule has 1 aliphatic carbocycles. The molecule has 2 amide bonds. The van der Waals surface area contributed by atoms with Gasteiger partial charge in [-0.25, -0.2) is 0 Å². The number of nitrogens with one attached hydrogen (secondary N) is 2. The molecule has 1 aliphatic rings. The molecule has 0 aliphatic heterocycles. The number of carbonyl (C=O) groups is 2. The summed E-state index contributed by atoms with van der Waals surface area (Å²) in [5, 5.41) is 9.01. The van der Waals surface area contributed by atoms with Crippen molar-refractivity contribution < 1.29 is 14.1 Å². The lowest BCUT2D eigenvalue weighted by Gasteiger charge is -2.09. The quantitative estimate of drug-likeness (QED) is 0.829. The van der Waals surface area contributed by atoms with Crippen LogP contribution in [0.5, 0.6) is 0 Å². The van der Waals surface area contributed by atoms with E-state index in [9.17, 15) is 9.59 Å². The van der Waals surface area contributed by atoms with Gasteiger partial charge in [-0.15, -0.1) is 0 Å². The molecule has 0 bridgehead atoms. The lowest BCUT2D eigenvalue weighted by molar-refractivity contribution is -0.136. The molecular formula is C16H19N5O3. The summed E-state index contributed by atoms with van der Waals surface area (Å²) in [6, 6.07) is 2.77. The Morgan fingerprint density at radius 1 is 1.29 bits per heavy atom. The summed E-state index contributed by atoms with van der Waals surface area (Å²) in [5.41, 5.74) is 0.451. The summed E-state index contributed by atoms with van der Waals surface area (Å²) in [4.78, 5) is 32.1. The van der Waals surface area contributed by atoms with Gasteiger partial charge < -0.3 is 15.2 Å². The molecule has 2 heterocycles. The Balaban J connectivity index is 1.56. The molecule has 8 nitrogen and oxygen atoms in total. The number of carbonyl (C=O) groups excluding carboxylic acids is 2. The SMILES string of the molecule is C[C@H](NC(=O)C(=O)Nc1cccnc1)c1nc(C2CCCC2)no1. The Morgan fingerprint density at radius 2 is 2.08 bits per heavy atom. The van der Waals surface area contributed by atoms with Gasteiger partial charge in [-0.2, -0.15) is 4.98 Å². The fourth-order valence-corrected chi connectivity index (χ4v) is 2.72. The van der Waals surface area contributed by atoms with E-state index in [0.717, 1.165) is 12.8 Å². The maximum Gasteiger partial charge on any atom is 0.313 e. The summed E-state index contributed by atoms with van der Waals surface area (Å²) in [6.45, 7) is 1.70. The molecule has 0 radical (unpaired) electrons. The van der Waals surface area contributed by atoms with Gasteiger partial charge >= 0.3 is 11.8 Å². The lowest BCUT2D eigenvalue weighted by atomic mass is 10.1. The fraction of sp³-hybridized carbons (Fsp3) is 0.438. The highest BCUT2D eigenvalue weighted by molar-refractivity contribution is 6.39. The van der Waals surface area contributed by atoms with Crippen LogP contribution in [0.2, 0.25) is 0 Å². The van der Waals surface area contributed by atoms with Gasteiger partial charge in [0.15, 0.2) is 5.82 Å². The first kappa shape index (κ1) is 16.1. The first-order valence-electron chi connectivity index (χ1n) is 7.99. The predicted octanol–water partition coefficient (Wildman–Crippen LogP) is 1.94. The summed E-state index contributed by atoms with van der Waals surface area (Å²) in [6.07, 6.45) is 7.51. The van der Waals surface area contributed by atoms with Crippen molar-refractivity contribution >= 4 is 17.5 Å². The zero-order valence-electron chi connectivity index (χ0n) is 13.4. The van der Waals surface area contributed by atoms with Crippen molar-refractivity contribution in [3.63, 3.8) is 0 Å². The zero-order valence-corrected chi connectivity index (χ0v) is 13.4. The second kappa shape index (κ2) is 7.20. The Bertz CT molecular complexity index is 710. The minimum absolute atomic E-state index is 0.305. The highest BCUT2D eigenvalue weighted by atomic mass is 16.5. The maximum absolute atomic E-state index is 12.0. The van der Waals surface area contributed by atoms with Crippen LogP contribution in [-0.2, 0) is 9.59 Å². The number of pyridine rings is 1. The molecule has 126 valence electrons. The maximum atomic E-state index is 12.0. The summed E-state index contributed by atoms with van der Waals surface area (Å²) in [7, 11) is 0. The van der Waals surface area contributed by atoms with E-state index in [-0.39, 0.29) is 0 Å². The second-order valence-electron chi connectivity index (χ2n) is 5.86. The number of amides is 2. The Hall–Kier alpha value is -2.77. The molecule has 1 saturated carbocycles. The second-order valence-corrected chi connectivity index (χ2v) is 5.86. The van der Waals surface area contributed by atoms with Crippen molar-refractivity contribution in [2.75, 3.05) is 5.32 Å². The van der Waals surface area contributed by atoms with Gasteiger partial charge in [-0.05, 0) is 31.9 Å². The van der Waals surface area contributed by atoms with Crippen LogP contribution in [0.4, 0.5) is 5.69 Å². The third kappa shape index (κ3) is 3.76. The molecule has 0 saturated heterocycles. The van der Waals surface area contributed by atoms with Gasteiger partial charge in [-0.3, -0.25) is 14.6 Å². The molecule has 1 fully saturated rings. The van der Waals surface area contributed by atoms with Crippen LogP contribution >= 0.6 is 0 Å². The molecule has 8 heteroatoms. The molecule has 0 aromatic carbocycles. The van der Waals surface area contributed by atoms with E-state index in [2.05, 4.69) is 25.8 Å². The van der Waals surface area contributed by atoms with Gasteiger partial charge in [0.05, 0.1) is 11.9 Å². The van der Waals surface area contributed by atoms with E-state index in [1.807, 2.05) is 0 Å².